The first-order valence-corrected chi connectivity index (χ1v) is 10.1. The molecule has 0 fully saturated rings. The van der Waals surface area contributed by atoms with Gasteiger partial charge in [-0.15, -0.1) is 0 Å². The Morgan fingerprint density at radius 1 is 1.19 bits per heavy atom. The number of carbonyl (C=O) groups is 2. The zero-order valence-corrected chi connectivity index (χ0v) is 17.3. The van der Waals surface area contributed by atoms with Crippen LogP contribution in [0.2, 0.25) is 10.0 Å². The van der Waals surface area contributed by atoms with Gasteiger partial charge in [0.05, 0.1) is 10.5 Å². The number of fused-ring (bicyclic) bond motifs is 3. The Labute approximate surface area is 169 Å². The van der Waals surface area contributed by atoms with Crippen LogP contribution in [0.1, 0.15) is 62.0 Å². The third-order valence-electron chi connectivity index (χ3n) is 5.26. The summed E-state index contributed by atoms with van der Waals surface area (Å²) in [5.74, 6) is 0.0284. The van der Waals surface area contributed by atoms with Crippen molar-refractivity contribution in [1.82, 2.24) is 4.57 Å². The average molecular weight is 410 g/mol. The molecular formula is C21H25Cl2NO3. The predicted molar refractivity (Wildman–Crippen MR) is 109 cm³/mol. The number of unbranched alkanes of at least 4 members (excludes halogenated alkanes) is 2. The summed E-state index contributed by atoms with van der Waals surface area (Å²) < 4.78 is 2.18. The van der Waals surface area contributed by atoms with Crippen molar-refractivity contribution in [2.24, 2.45) is 5.41 Å². The fourth-order valence-electron chi connectivity index (χ4n) is 4.08. The molecule has 1 aromatic heterocycles. The third kappa shape index (κ3) is 4.23. The van der Waals surface area contributed by atoms with Crippen LogP contribution >= 0.6 is 23.2 Å². The molecule has 0 bridgehead atoms. The fraction of sp³-hybridized carbons (Fsp3) is 0.524. The maximum absolute atomic E-state index is 12.9. The van der Waals surface area contributed by atoms with E-state index in [4.69, 9.17) is 28.3 Å². The molecule has 1 aliphatic carbocycles. The Bertz CT molecular complexity index is 899. The van der Waals surface area contributed by atoms with Gasteiger partial charge < -0.3 is 9.67 Å². The number of halogens is 2. The zero-order chi connectivity index (χ0) is 19.8. The van der Waals surface area contributed by atoms with Crippen LogP contribution in [0.25, 0.3) is 10.9 Å². The molecule has 3 rings (SSSR count). The lowest BCUT2D eigenvalue weighted by Crippen LogP contribution is -2.28. The van der Waals surface area contributed by atoms with E-state index in [-0.39, 0.29) is 23.6 Å². The van der Waals surface area contributed by atoms with E-state index in [1.54, 1.807) is 6.07 Å². The standard InChI is InChI=1S/C21H25Cl2NO3/c1-21(2)10-17-19(18(27)11-21)15-8-13(22)9-16(23)20(15)24(17)7-5-3-4-6-14(26)12-25/h8-9,25H,3-7,10-12H2,1-2H3. The topological polar surface area (TPSA) is 59.3 Å². The summed E-state index contributed by atoms with van der Waals surface area (Å²) in [6.07, 6.45) is 4.26. The Kier molecular flexibility index (Phi) is 5.99. The van der Waals surface area contributed by atoms with Crippen LogP contribution in [-0.2, 0) is 17.8 Å². The maximum atomic E-state index is 12.9. The molecule has 4 nitrogen and oxygen atoms in total. The lowest BCUT2D eigenvalue weighted by Gasteiger charge is -2.29. The monoisotopic (exact) mass is 409 g/mol. The summed E-state index contributed by atoms with van der Waals surface area (Å²) >= 11 is 12.7. The number of ketones is 2. The summed E-state index contributed by atoms with van der Waals surface area (Å²) in [7, 11) is 0. The van der Waals surface area contributed by atoms with Crippen molar-refractivity contribution in [2.45, 2.75) is 58.9 Å². The number of aliphatic hydroxyl groups excluding tert-OH is 1. The molecule has 27 heavy (non-hydrogen) atoms. The van der Waals surface area contributed by atoms with Crippen molar-refractivity contribution in [1.29, 1.82) is 0 Å². The molecule has 0 saturated carbocycles. The van der Waals surface area contributed by atoms with Crippen molar-refractivity contribution in [2.75, 3.05) is 6.61 Å². The summed E-state index contributed by atoms with van der Waals surface area (Å²) in [6.45, 7) is 4.59. The Balaban J connectivity index is 1.94. The van der Waals surface area contributed by atoms with Gasteiger partial charge in [-0.25, -0.2) is 0 Å². The first-order chi connectivity index (χ1) is 12.7. The van der Waals surface area contributed by atoms with Gasteiger partial charge in [0, 0.05) is 41.1 Å². The first kappa shape index (κ1) is 20.4. The largest absolute Gasteiger partial charge is 0.389 e. The van der Waals surface area contributed by atoms with Crippen LogP contribution in [0.3, 0.4) is 0 Å². The van der Waals surface area contributed by atoms with Gasteiger partial charge in [-0.1, -0.05) is 43.5 Å². The van der Waals surface area contributed by atoms with Gasteiger partial charge >= 0.3 is 0 Å². The van der Waals surface area contributed by atoms with E-state index < -0.39 is 0 Å². The van der Waals surface area contributed by atoms with Crippen LogP contribution < -0.4 is 0 Å². The second-order valence-corrected chi connectivity index (χ2v) is 9.05. The number of aromatic nitrogens is 1. The number of aryl methyl sites for hydroxylation is 1. The molecule has 0 unspecified atom stereocenters. The quantitative estimate of drug-likeness (QED) is 0.637. The number of hydrogen-bond donors (Lipinski definition) is 1. The van der Waals surface area contributed by atoms with E-state index in [2.05, 4.69) is 18.4 Å². The Hall–Kier alpha value is -1.36. The Morgan fingerprint density at radius 3 is 2.63 bits per heavy atom. The molecule has 1 aliphatic rings. The van der Waals surface area contributed by atoms with E-state index in [9.17, 15) is 9.59 Å². The summed E-state index contributed by atoms with van der Waals surface area (Å²) in [6, 6.07) is 3.57. The van der Waals surface area contributed by atoms with E-state index in [0.717, 1.165) is 54.4 Å². The van der Waals surface area contributed by atoms with Gasteiger partial charge in [-0.3, -0.25) is 9.59 Å². The van der Waals surface area contributed by atoms with Crippen LogP contribution in [-0.4, -0.2) is 27.8 Å². The van der Waals surface area contributed by atoms with Crippen molar-refractivity contribution in [3.05, 3.63) is 33.4 Å². The number of hydrogen-bond acceptors (Lipinski definition) is 3. The molecule has 1 aromatic carbocycles. The highest BCUT2D eigenvalue weighted by molar-refractivity contribution is 6.39. The van der Waals surface area contributed by atoms with Crippen molar-refractivity contribution in [3.8, 4) is 0 Å². The SMILES string of the molecule is CC1(C)CC(=O)c2c(n(CCCCCC(=O)CO)c3c(Cl)cc(Cl)cc23)C1. The molecule has 1 heterocycles. The van der Waals surface area contributed by atoms with Gasteiger partial charge in [0.25, 0.3) is 0 Å². The second kappa shape index (κ2) is 7.94. The highest BCUT2D eigenvalue weighted by atomic mass is 35.5. The smallest absolute Gasteiger partial charge is 0.165 e. The summed E-state index contributed by atoms with van der Waals surface area (Å²) in [5.41, 5.74) is 2.61. The summed E-state index contributed by atoms with van der Waals surface area (Å²) in [4.78, 5) is 24.1. The molecule has 2 aromatic rings. The van der Waals surface area contributed by atoms with Crippen LogP contribution in [0.15, 0.2) is 12.1 Å². The van der Waals surface area contributed by atoms with Gasteiger partial charge in [-0.2, -0.15) is 0 Å². The van der Waals surface area contributed by atoms with E-state index >= 15 is 0 Å². The second-order valence-electron chi connectivity index (χ2n) is 8.21. The normalized spacial score (nSPS) is 16.0. The van der Waals surface area contributed by atoms with Crippen molar-refractivity contribution >= 4 is 45.7 Å². The molecule has 146 valence electrons. The third-order valence-corrected chi connectivity index (χ3v) is 5.77. The lowest BCUT2D eigenvalue weighted by molar-refractivity contribution is -0.121. The number of aliphatic hydroxyl groups is 1. The molecule has 0 amide bonds. The molecule has 1 N–H and O–H groups in total. The molecule has 6 heteroatoms. The van der Waals surface area contributed by atoms with Crippen molar-refractivity contribution < 1.29 is 14.7 Å². The number of rotatable bonds is 7. The number of nitrogens with zero attached hydrogens (tertiary/aromatic N) is 1. The van der Waals surface area contributed by atoms with E-state index in [1.165, 1.54) is 0 Å². The van der Waals surface area contributed by atoms with Gasteiger partial charge in [0.2, 0.25) is 0 Å². The maximum Gasteiger partial charge on any atom is 0.165 e. The predicted octanol–water partition coefficient (Wildman–Crippen LogP) is 5.23. The van der Waals surface area contributed by atoms with Crippen molar-refractivity contribution in [3.63, 3.8) is 0 Å². The number of Topliss-reactive ketones (excluding diaryl/α,β-unsaturated/α-hetero) is 2. The number of carbonyl (C=O) groups excluding carboxylic acids is 2. The highest BCUT2D eigenvalue weighted by Crippen LogP contribution is 2.42. The van der Waals surface area contributed by atoms with Crippen LogP contribution in [0.4, 0.5) is 0 Å². The molecule has 0 atom stereocenters. The van der Waals surface area contributed by atoms with E-state index in [1.807, 2.05) is 6.07 Å². The molecule has 0 radical (unpaired) electrons. The summed E-state index contributed by atoms with van der Waals surface area (Å²) in [5, 5.41) is 10.8. The molecular weight excluding hydrogens is 385 g/mol. The van der Waals surface area contributed by atoms with E-state index in [0.29, 0.717) is 22.9 Å². The Morgan fingerprint density at radius 2 is 1.93 bits per heavy atom. The molecule has 0 saturated heterocycles. The van der Waals surface area contributed by atoms with Gasteiger partial charge in [-0.05, 0) is 36.8 Å². The average Bonchev–Trinajstić information content (AvgIpc) is 2.86. The zero-order valence-electron chi connectivity index (χ0n) is 15.8. The van der Waals surface area contributed by atoms with Crippen LogP contribution in [0.5, 0.6) is 0 Å². The minimum absolute atomic E-state index is 0.0833. The van der Waals surface area contributed by atoms with Gasteiger partial charge in [0.15, 0.2) is 11.6 Å². The minimum Gasteiger partial charge on any atom is -0.389 e. The van der Waals surface area contributed by atoms with Gasteiger partial charge in [0.1, 0.15) is 6.61 Å². The lowest BCUT2D eigenvalue weighted by atomic mass is 9.75. The highest BCUT2D eigenvalue weighted by Gasteiger charge is 2.35. The fourth-order valence-corrected chi connectivity index (χ4v) is 4.68. The molecule has 0 spiro atoms. The first-order valence-electron chi connectivity index (χ1n) is 9.39. The molecule has 0 aliphatic heterocycles. The minimum atomic E-state index is -0.386. The van der Waals surface area contributed by atoms with Crippen LogP contribution in [0, 0.1) is 5.41 Å². The number of benzene rings is 1.